The molecule has 4 atom stereocenters. The number of methoxy groups -OCH3 is 2. The lowest BCUT2D eigenvalue weighted by Crippen LogP contribution is -2.56. The topological polar surface area (TPSA) is 149 Å². The molecule has 0 aliphatic rings. The molecule has 19 heteroatoms. The first kappa shape index (κ1) is 44.9. The van der Waals surface area contributed by atoms with Gasteiger partial charge in [-0.15, -0.1) is 0 Å². The highest BCUT2D eigenvalue weighted by atomic mass is 19.4. The van der Waals surface area contributed by atoms with Gasteiger partial charge in [0.1, 0.15) is 12.6 Å². The van der Waals surface area contributed by atoms with Gasteiger partial charge in [-0.25, -0.2) is 13.6 Å². The number of carbonyl (C=O) groups is 4. The number of halogens is 8. The normalized spacial score (nSPS) is 14.9. The predicted octanol–water partition coefficient (Wildman–Crippen LogP) is 5.88. The van der Waals surface area contributed by atoms with Crippen LogP contribution >= 0.6 is 0 Å². The summed E-state index contributed by atoms with van der Waals surface area (Å²) in [7, 11) is 1.82. The third-order valence-corrected chi connectivity index (χ3v) is 9.20. The number of rotatable bonds is 18. The van der Waals surface area contributed by atoms with Crippen LogP contribution in [0.5, 0.6) is 0 Å². The van der Waals surface area contributed by atoms with Crippen molar-refractivity contribution < 1.29 is 68.9 Å². The van der Waals surface area contributed by atoms with E-state index in [1.807, 2.05) is 5.32 Å². The molecule has 3 N–H and O–H groups in total. The number of carbonyl (C=O) groups excluding carboxylic acids is 4. The largest absolute Gasteiger partial charge is 0.469 e. The van der Waals surface area contributed by atoms with E-state index in [0.717, 1.165) is 32.7 Å². The van der Waals surface area contributed by atoms with E-state index in [-0.39, 0.29) is 6.42 Å². The maximum atomic E-state index is 14.1. The van der Waals surface area contributed by atoms with Crippen LogP contribution in [0.25, 0.3) is 11.3 Å². The fraction of sp³-hybridized carbons (Fsp3) is 0.618. The number of nitrogens with zero attached hydrogens (tertiary/aromatic N) is 2. The Kier molecular flexibility index (Phi) is 15.4. The molecule has 0 bridgehead atoms. The third kappa shape index (κ3) is 12.1. The molecule has 0 saturated heterocycles. The molecule has 1 aromatic heterocycles. The molecule has 2 aromatic rings. The van der Waals surface area contributed by atoms with Crippen molar-refractivity contribution in [3.05, 3.63) is 42.1 Å². The molecule has 1 aromatic carbocycles. The summed E-state index contributed by atoms with van der Waals surface area (Å²) in [5.74, 6) is -6.49. The molecule has 0 unspecified atom stereocenters. The number of ketones is 1. The van der Waals surface area contributed by atoms with Gasteiger partial charge < -0.3 is 25.2 Å². The Labute approximate surface area is 300 Å². The molecule has 2 amide bonds. The number of Topliss-reactive ketones (excluding diaryl/α,β-unsaturated/α-hetero) is 1. The van der Waals surface area contributed by atoms with Gasteiger partial charge in [0.15, 0.2) is 5.78 Å². The number of amides is 2. The smallest absolute Gasteiger partial charge is 0.407 e. The molecule has 53 heavy (non-hydrogen) atoms. The number of aliphatic hydroxyl groups is 1. The zero-order chi connectivity index (χ0) is 40.5. The standard InChI is InChI=1S/C34H44F8N4O7/c1-31(2,33(37,38)39)22(17-27(49)52-5)29(50)43-13-11-24(47)21(16-25(48)28(44-30(51)53-6)32(3,4)34(40,41)42)15-19-7-9-20(10-8-19)23-12-14-46(45-23)18-26(35)36/h7-10,12,14,21-22,24,26,28,47H,11,13,15-18H2,1-6H3,(H,43,50)(H,44,51)/t21-,22-,24+,28-/m1/s1. The number of aromatic nitrogens is 2. The summed E-state index contributed by atoms with van der Waals surface area (Å²) < 4.78 is 119. The third-order valence-electron chi connectivity index (χ3n) is 9.20. The molecule has 0 fully saturated rings. The molecule has 2 rings (SSSR count). The average Bonchev–Trinajstić information content (AvgIpc) is 3.51. The van der Waals surface area contributed by atoms with Crippen molar-refractivity contribution in [1.29, 1.82) is 0 Å². The quantitative estimate of drug-likeness (QED) is 0.126. The number of hydrogen-bond acceptors (Lipinski definition) is 8. The zero-order valence-electron chi connectivity index (χ0n) is 29.9. The maximum Gasteiger partial charge on any atom is 0.407 e. The molecule has 0 saturated carbocycles. The molecule has 11 nitrogen and oxygen atoms in total. The van der Waals surface area contributed by atoms with Gasteiger partial charge in [-0.3, -0.25) is 19.1 Å². The SMILES string of the molecule is COC(=O)C[C@H](C(=O)NCC[C@H](O)[C@@H](CC(=O)[C@@H](NC(=O)OC)C(C)(C)C(F)(F)F)Cc1ccc(-c2ccn(CC(F)F)n2)cc1)C(C)(C)C(F)(F)F. The summed E-state index contributed by atoms with van der Waals surface area (Å²) in [6.45, 7) is 1.77. The van der Waals surface area contributed by atoms with E-state index in [1.165, 1.54) is 12.3 Å². The summed E-state index contributed by atoms with van der Waals surface area (Å²) in [4.78, 5) is 50.4. The van der Waals surface area contributed by atoms with Crippen LogP contribution in [0.1, 0.15) is 52.5 Å². The van der Waals surface area contributed by atoms with E-state index in [9.17, 15) is 59.4 Å². The Hall–Kier alpha value is -4.29. The van der Waals surface area contributed by atoms with Crippen LogP contribution in [-0.2, 0) is 36.8 Å². The van der Waals surface area contributed by atoms with Crippen molar-refractivity contribution >= 4 is 23.8 Å². The van der Waals surface area contributed by atoms with Gasteiger partial charge >= 0.3 is 24.4 Å². The molecular formula is C34H44F8N4O7. The number of alkyl halides is 8. The number of aliphatic hydroxyl groups excluding tert-OH is 1. The lowest BCUT2D eigenvalue weighted by atomic mass is 9.75. The highest BCUT2D eigenvalue weighted by molar-refractivity contribution is 5.88. The predicted molar refractivity (Wildman–Crippen MR) is 173 cm³/mol. The highest BCUT2D eigenvalue weighted by Gasteiger charge is 2.56. The second-order valence-electron chi connectivity index (χ2n) is 13.6. The van der Waals surface area contributed by atoms with Crippen LogP contribution in [0.15, 0.2) is 36.5 Å². The summed E-state index contributed by atoms with van der Waals surface area (Å²) in [5.41, 5.74) is -4.17. The summed E-state index contributed by atoms with van der Waals surface area (Å²) in [6, 6.07) is 5.56. The maximum absolute atomic E-state index is 14.1. The van der Waals surface area contributed by atoms with Crippen LogP contribution in [0, 0.1) is 22.7 Å². The fourth-order valence-corrected chi connectivity index (χ4v) is 5.42. The van der Waals surface area contributed by atoms with Crippen LogP contribution in [0.3, 0.4) is 0 Å². The molecule has 298 valence electrons. The molecule has 0 radical (unpaired) electrons. The van der Waals surface area contributed by atoms with Gasteiger partial charge in [0.2, 0.25) is 5.91 Å². The molecule has 0 aliphatic carbocycles. The Morgan fingerprint density at radius 3 is 1.96 bits per heavy atom. The van der Waals surface area contributed by atoms with Gasteiger partial charge in [0.25, 0.3) is 6.43 Å². The van der Waals surface area contributed by atoms with Gasteiger partial charge in [-0.2, -0.15) is 31.4 Å². The lowest BCUT2D eigenvalue weighted by molar-refractivity contribution is -0.230. The van der Waals surface area contributed by atoms with Crippen LogP contribution < -0.4 is 10.6 Å². The Morgan fingerprint density at radius 1 is 0.868 bits per heavy atom. The van der Waals surface area contributed by atoms with Crippen molar-refractivity contribution in [3.8, 4) is 11.3 Å². The summed E-state index contributed by atoms with van der Waals surface area (Å²) in [6.07, 6.45) is -16.2. The molecule has 0 aliphatic heterocycles. The van der Waals surface area contributed by atoms with Gasteiger partial charge in [0, 0.05) is 24.7 Å². The molecule has 1 heterocycles. The minimum absolute atomic E-state index is 0.148. The van der Waals surface area contributed by atoms with Crippen LogP contribution in [-0.4, -0.2) is 90.3 Å². The van der Waals surface area contributed by atoms with E-state index >= 15 is 0 Å². The Morgan fingerprint density at radius 2 is 1.45 bits per heavy atom. The van der Waals surface area contributed by atoms with Crippen molar-refractivity contribution in [2.75, 3.05) is 20.8 Å². The van der Waals surface area contributed by atoms with Gasteiger partial charge in [-0.1, -0.05) is 38.1 Å². The van der Waals surface area contributed by atoms with E-state index < -0.39 is 110 Å². The van der Waals surface area contributed by atoms with E-state index in [0.29, 0.717) is 30.7 Å². The van der Waals surface area contributed by atoms with Crippen LogP contribution in [0.4, 0.5) is 39.9 Å². The van der Waals surface area contributed by atoms with E-state index in [2.05, 4.69) is 19.9 Å². The molecule has 0 spiro atoms. The van der Waals surface area contributed by atoms with E-state index in [4.69, 9.17) is 0 Å². The highest BCUT2D eigenvalue weighted by Crippen LogP contribution is 2.45. The first-order valence-corrected chi connectivity index (χ1v) is 16.3. The summed E-state index contributed by atoms with van der Waals surface area (Å²) >= 11 is 0. The zero-order valence-corrected chi connectivity index (χ0v) is 29.9. The average molecular weight is 773 g/mol. The van der Waals surface area contributed by atoms with Crippen molar-refractivity contribution in [2.24, 2.45) is 22.7 Å². The van der Waals surface area contributed by atoms with Crippen LogP contribution in [0.2, 0.25) is 0 Å². The number of esters is 1. The second-order valence-corrected chi connectivity index (χ2v) is 13.6. The van der Waals surface area contributed by atoms with Crippen molar-refractivity contribution in [1.82, 2.24) is 20.4 Å². The lowest BCUT2D eigenvalue weighted by Gasteiger charge is -2.36. The molecular weight excluding hydrogens is 728 g/mol. The van der Waals surface area contributed by atoms with Gasteiger partial charge in [0.05, 0.1) is 49.2 Å². The first-order valence-electron chi connectivity index (χ1n) is 16.3. The Balaban J connectivity index is 2.39. The number of ether oxygens (including phenoxy) is 2. The number of alkyl carbamates (subject to hydrolysis) is 1. The number of benzene rings is 1. The minimum atomic E-state index is -4.99. The van der Waals surface area contributed by atoms with Gasteiger partial charge in [-0.05, 0) is 44.2 Å². The first-order chi connectivity index (χ1) is 24.3. The second kappa shape index (κ2) is 18.2. The monoisotopic (exact) mass is 772 g/mol. The Bertz CT molecular complexity index is 1540. The number of nitrogens with one attached hydrogen (secondary N) is 2. The van der Waals surface area contributed by atoms with Crippen molar-refractivity contribution in [3.63, 3.8) is 0 Å². The minimum Gasteiger partial charge on any atom is -0.469 e. The fourth-order valence-electron chi connectivity index (χ4n) is 5.42. The summed E-state index contributed by atoms with van der Waals surface area (Å²) in [5, 5.41) is 19.5. The van der Waals surface area contributed by atoms with Crippen molar-refractivity contribution in [2.45, 2.75) is 90.8 Å². The number of hydrogen-bond donors (Lipinski definition) is 3. The van der Waals surface area contributed by atoms with E-state index in [1.54, 1.807) is 24.3 Å².